The topological polar surface area (TPSA) is 3.01 Å². The van der Waals surface area contributed by atoms with Crippen molar-refractivity contribution in [1.29, 1.82) is 0 Å². The van der Waals surface area contributed by atoms with Crippen molar-refractivity contribution in [2.75, 3.05) is 7.05 Å². The number of rotatable bonds is 5. The molecule has 0 saturated carbocycles. The summed E-state index contributed by atoms with van der Waals surface area (Å²) in [5.74, 6) is 0. The van der Waals surface area contributed by atoms with Gasteiger partial charge in [-0.2, -0.15) is 0 Å². The molecule has 0 aromatic rings. The van der Waals surface area contributed by atoms with E-state index in [2.05, 4.69) is 58.6 Å². The Hall–Kier alpha value is -1.37. The Labute approximate surface area is 108 Å². The summed E-state index contributed by atoms with van der Waals surface area (Å²) in [5, 5.41) is 0. The third-order valence-electron chi connectivity index (χ3n) is 2.74. The van der Waals surface area contributed by atoms with Crippen LogP contribution in [0.25, 0.3) is 0 Å². The van der Waals surface area contributed by atoms with Crippen LogP contribution in [0, 0.1) is 0 Å². The fraction of sp³-hybridized carbons (Fsp3) is 0.438. The van der Waals surface area contributed by atoms with E-state index in [0.717, 1.165) is 18.4 Å². The van der Waals surface area contributed by atoms with E-state index in [9.17, 15) is 0 Å². The summed E-state index contributed by atoms with van der Waals surface area (Å²) in [6, 6.07) is 0. The van der Waals surface area contributed by atoms with Crippen LogP contribution in [-0.2, 0) is 0 Å². The van der Waals surface area contributed by atoms with Crippen LogP contribution in [0.1, 0.15) is 40.5 Å². The van der Waals surface area contributed by atoms with Gasteiger partial charge < -0.3 is 0 Å². The van der Waals surface area contributed by atoms with Crippen LogP contribution in [0.4, 0.5) is 0 Å². The molecule has 17 heavy (non-hydrogen) atoms. The molecule has 0 radical (unpaired) electrons. The average molecular weight is 234 g/mol. The SMILES string of the molecule is C=C.C=C[N+](C)=C(CCC)C(=C)C(C)=C(C)C. The number of hydrogen-bond acceptors (Lipinski definition) is 0. The van der Waals surface area contributed by atoms with E-state index in [0.29, 0.717) is 0 Å². The van der Waals surface area contributed by atoms with E-state index in [1.165, 1.54) is 16.9 Å². The normalized spacial score (nSPS) is 10.6. The highest BCUT2D eigenvalue weighted by Crippen LogP contribution is 2.16. The Morgan fingerprint density at radius 3 is 1.94 bits per heavy atom. The van der Waals surface area contributed by atoms with Crippen molar-refractivity contribution < 1.29 is 4.58 Å². The Morgan fingerprint density at radius 1 is 1.18 bits per heavy atom. The standard InChI is InChI=1S/C14H24N.C2H4/c1-8-10-14(15(7)9-2)13(6)12(5)11(3)4;1-2/h9H,2,6,8,10H2,1,3-5,7H3;1-2H2/q+1;. The summed E-state index contributed by atoms with van der Waals surface area (Å²) in [6.07, 6.45) is 4.02. The molecule has 0 bridgehead atoms. The average Bonchev–Trinajstić information content (AvgIpc) is 2.35. The van der Waals surface area contributed by atoms with Gasteiger partial charge in [0.2, 0.25) is 0 Å². The molecule has 96 valence electrons. The number of nitrogens with zero attached hydrogens (tertiary/aromatic N) is 1. The van der Waals surface area contributed by atoms with Gasteiger partial charge in [0.05, 0.1) is 0 Å². The van der Waals surface area contributed by atoms with E-state index in [1.54, 1.807) is 0 Å². The van der Waals surface area contributed by atoms with Crippen molar-refractivity contribution in [3.63, 3.8) is 0 Å². The molecule has 0 aliphatic heterocycles. The van der Waals surface area contributed by atoms with Gasteiger partial charge in [-0.05, 0) is 39.3 Å². The van der Waals surface area contributed by atoms with Gasteiger partial charge in [0.15, 0.2) is 11.9 Å². The molecule has 0 unspecified atom stereocenters. The van der Waals surface area contributed by atoms with Crippen LogP contribution in [0.5, 0.6) is 0 Å². The van der Waals surface area contributed by atoms with Crippen LogP contribution in [0.2, 0.25) is 0 Å². The van der Waals surface area contributed by atoms with E-state index < -0.39 is 0 Å². The molecule has 0 N–H and O–H groups in total. The third-order valence-corrected chi connectivity index (χ3v) is 2.74. The maximum absolute atomic E-state index is 4.18. The summed E-state index contributed by atoms with van der Waals surface area (Å²) in [7, 11) is 2.03. The maximum atomic E-state index is 4.18. The fourth-order valence-corrected chi connectivity index (χ4v) is 1.41. The van der Waals surface area contributed by atoms with Gasteiger partial charge in [-0.15, -0.1) is 13.2 Å². The number of allylic oxidation sites excluding steroid dienone is 3. The molecule has 0 atom stereocenters. The lowest BCUT2D eigenvalue weighted by Crippen LogP contribution is -2.15. The Bertz CT molecular complexity index is 325. The summed E-state index contributed by atoms with van der Waals surface area (Å²) in [6.45, 7) is 22.5. The van der Waals surface area contributed by atoms with Gasteiger partial charge in [-0.25, -0.2) is 4.58 Å². The predicted molar refractivity (Wildman–Crippen MR) is 80.7 cm³/mol. The van der Waals surface area contributed by atoms with Crippen LogP contribution < -0.4 is 0 Å². The molecule has 0 aliphatic rings. The summed E-state index contributed by atoms with van der Waals surface area (Å²) < 4.78 is 2.07. The van der Waals surface area contributed by atoms with Gasteiger partial charge in [-0.3, -0.25) is 0 Å². The molecule has 0 amide bonds. The molecule has 1 heteroatoms. The first kappa shape index (κ1) is 18.0. The van der Waals surface area contributed by atoms with Gasteiger partial charge in [0, 0.05) is 12.0 Å². The molecule has 0 rings (SSSR count). The molecule has 0 spiro atoms. The first-order valence-electron chi connectivity index (χ1n) is 6.00. The first-order chi connectivity index (χ1) is 7.95. The molecular formula is C16H28N+. The fourth-order valence-electron chi connectivity index (χ4n) is 1.41. The molecule has 0 saturated heterocycles. The highest BCUT2D eigenvalue weighted by Gasteiger charge is 2.14. The quantitative estimate of drug-likeness (QED) is 0.280. The van der Waals surface area contributed by atoms with Gasteiger partial charge in [0.1, 0.15) is 7.05 Å². The van der Waals surface area contributed by atoms with E-state index in [1.807, 2.05) is 13.2 Å². The molecule has 0 aromatic heterocycles. The van der Waals surface area contributed by atoms with Crippen molar-refractivity contribution in [1.82, 2.24) is 0 Å². The van der Waals surface area contributed by atoms with Crippen molar-refractivity contribution in [2.24, 2.45) is 0 Å². The van der Waals surface area contributed by atoms with Gasteiger partial charge in [-0.1, -0.05) is 19.1 Å². The Morgan fingerprint density at radius 2 is 1.65 bits per heavy atom. The lowest BCUT2D eigenvalue weighted by atomic mass is 9.97. The van der Waals surface area contributed by atoms with Crippen LogP contribution in [0.3, 0.4) is 0 Å². The zero-order chi connectivity index (χ0) is 14.0. The maximum Gasteiger partial charge on any atom is 0.187 e. The largest absolute Gasteiger partial charge is 0.205 e. The van der Waals surface area contributed by atoms with Gasteiger partial charge >= 0.3 is 0 Å². The molecule has 0 heterocycles. The summed E-state index contributed by atoms with van der Waals surface area (Å²) in [5.41, 5.74) is 5.02. The minimum absolute atomic E-state index is 1.05. The second kappa shape index (κ2) is 9.83. The second-order valence-electron chi connectivity index (χ2n) is 4.09. The Kier molecular flexibility index (Phi) is 10.4. The lowest BCUT2D eigenvalue weighted by molar-refractivity contribution is -0.422. The zero-order valence-electron chi connectivity index (χ0n) is 12.3. The summed E-state index contributed by atoms with van der Waals surface area (Å²) >= 11 is 0. The van der Waals surface area contributed by atoms with E-state index in [4.69, 9.17) is 0 Å². The minimum atomic E-state index is 1.05. The number of hydrogen-bond donors (Lipinski definition) is 0. The minimum Gasteiger partial charge on any atom is -0.205 e. The highest BCUT2D eigenvalue weighted by molar-refractivity contribution is 5.99. The third kappa shape index (κ3) is 6.06. The molecule has 1 nitrogen and oxygen atoms in total. The molecular weight excluding hydrogens is 206 g/mol. The molecule has 0 fully saturated rings. The Balaban J connectivity index is 0. The van der Waals surface area contributed by atoms with E-state index >= 15 is 0 Å². The predicted octanol–water partition coefficient (Wildman–Crippen LogP) is 4.73. The molecule has 0 aliphatic carbocycles. The zero-order valence-corrected chi connectivity index (χ0v) is 12.3. The first-order valence-corrected chi connectivity index (χ1v) is 6.00. The van der Waals surface area contributed by atoms with Crippen molar-refractivity contribution in [2.45, 2.75) is 40.5 Å². The molecule has 0 aromatic carbocycles. The van der Waals surface area contributed by atoms with Crippen molar-refractivity contribution in [3.05, 3.63) is 49.2 Å². The smallest absolute Gasteiger partial charge is 0.187 e. The van der Waals surface area contributed by atoms with Crippen LogP contribution in [0.15, 0.2) is 49.2 Å². The van der Waals surface area contributed by atoms with Crippen molar-refractivity contribution >= 4 is 5.71 Å². The highest BCUT2D eigenvalue weighted by atomic mass is 14.9. The monoisotopic (exact) mass is 234 g/mol. The van der Waals surface area contributed by atoms with Crippen LogP contribution >= 0.6 is 0 Å². The van der Waals surface area contributed by atoms with Crippen molar-refractivity contribution in [3.8, 4) is 0 Å². The van der Waals surface area contributed by atoms with Gasteiger partial charge in [0.25, 0.3) is 0 Å². The second-order valence-corrected chi connectivity index (χ2v) is 4.09. The van der Waals surface area contributed by atoms with Crippen LogP contribution in [-0.4, -0.2) is 17.3 Å². The lowest BCUT2D eigenvalue weighted by Gasteiger charge is -2.09. The summed E-state index contributed by atoms with van der Waals surface area (Å²) in [4.78, 5) is 0. The van der Waals surface area contributed by atoms with E-state index in [-0.39, 0.29) is 0 Å².